The van der Waals surface area contributed by atoms with Crippen molar-refractivity contribution in [3.05, 3.63) is 24.3 Å². The Labute approximate surface area is 201 Å². The molecule has 1 aromatic rings. The lowest BCUT2D eigenvalue weighted by Crippen LogP contribution is -2.49. The monoisotopic (exact) mass is 499 g/mol. The summed E-state index contributed by atoms with van der Waals surface area (Å²) in [6.45, 7) is 10.2. The molecule has 0 saturated carbocycles. The molecule has 0 aliphatic carbocycles. The third-order valence-corrected chi connectivity index (χ3v) is 5.45. The highest BCUT2D eigenvalue weighted by Gasteiger charge is 2.22. The van der Waals surface area contributed by atoms with Crippen LogP contribution in [0.2, 0.25) is 0 Å². The highest BCUT2D eigenvalue weighted by Crippen LogP contribution is 2.29. The predicted molar refractivity (Wildman–Crippen MR) is 127 cm³/mol. The first-order valence-corrected chi connectivity index (χ1v) is 12.8. The van der Waals surface area contributed by atoms with Crippen molar-refractivity contribution in [3.63, 3.8) is 0 Å². The average Bonchev–Trinajstić information content (AvgIpc) is 2.75. The van der Waals surface area contributed by atoms with Gasteiger partial charge in [-0.05, 0) is 38.8 Å². The van der Waals surface area contributed by atoms with E-state index < -0.39 is 10.4 Å². The van der Waals surface area contributed by atoms with Crippen LogP contribution >= 0.6 is 0 Å². The zero-order chi connectivity index (χ0) is 25.1. The normalized spacial score (nSPS) is 17.3. The van der Waals surface area contributed by atoms with Crippen molar-refractivity contribution in [2.75, 3.05) is 57.3 Å². The Kier molecular flexibility index (Phi) is 11.0. The topological polar surface area (TPSA) is 143 Å². The number of hydrogen-bond donors (Lipinski definition) is 2. The van der Waals surface area contributed by atoms with E-state index in [0.29, 0.717) is 19.5 Å². The van der Waals surface area contributed by atoms with Gasteiger partial charge in [0.2, 0.25) is 22.2 Å². The van der Waals surface area contributed by atoms with Crippen LogP contribution < -0.4 is 15.0 Å². The third-order valence-electron chi connectivity index (χ3n) is 5.45. The lowest BCUT2D eigenvalue weighted by atomic mass is 10.1. The van der Waals surface area contributed by atoms with Crippen molar-refractivity contribution in [3.8, 4) is 5.75 Å². The molecule has 2 aliphatic rings. The van der Waals surface area contributed by atoms with Crippen molar-refractivity contribution in [1.29, 1.82) is 0 Å². The van der Waals surface area contributed by atoms with Gasteiger partial charge in [-0.1, -0.05) is 12.1 Å². The van der Waals surface area contributed by atoms with E-state index >= 15 is 0 Å². The number of ether oxygens (including phenoxy) is 1. The van der Waals surface area contributed by atoms with Crippen LogP contribution in [0.4, 0.5) is 5.69 Å². The van der Waals surface area contributed by atoms with Crippen molar-refractivity contribution < 1.29 is 31.8 Å². The van der Waals surface area contributed by atoms with Crippen LogP contribution in [0.5, 0.6) is 5.75 Å². The molecule has 12 heteroatoms. The predicted octanol–water partition coefficient (Wildman–Crippen LogP) is 0.729. The van der Waals surface area contributed by atoms with E-state index in [0.717, 1.165) is 57.0 Å². The SMILES string of the molecule is CC(C)Oc1ccccc1N1CCN(CCNC(=O)CN2CCCCC2=O)CC1.O=S(=O)([O-])O. The first-order valence-electron chi connectivity index (χ1n) is 11.5. The maximum atomic E-state index is 12.1. The minimum absolute atomic E-state index is 0.0568. The Balaban J connectivity index is 0.000000739. The molecule has 2 N–H and O–H groups in total. The van der Waals surface area contributed by atoms with Crippen LogP contribution in [0, 0.1) is 0 Å². The second-order valence-electron chi connectivity index (χ2n) is 8.51. The summed E-state index contributed by atoms with van der Waals surface area (Å²) in [5.74, 6) is 0.985. The van der Waals surface area contributed by atoms with E-state index in [1.165, 1.54) is 0 Å². The number of rotatable bonds is 8. The first kappa shape index (κ1) is 27.8. The highest BCUT2D eigenvalue weighted by molar-refractivity contribution is 7.79. The molecule has 0 aromatic heterocycles. The summed E-state index contributed by atoms with van der Waals surface area (Å²) >= 11 is 0. The smallest absolute Gasteiger partial charge is 0.239 e. The highest BCUT2D eigenvalue weighted by atomic mass is 32.3. The standard InChI is InChI=1S/C22H34N4O3.H2O4S/c1-18(2)29-20-8-4-3-7-19(20)25-15-13-24(14-16-25)12-10-23-21(27)17-26-11-6-5-9-22(26)28;1-5(2,3)4/h3-4,7-8,18H,5-6,9-17H2,1-2H3,(H,23,27);(H2,1,2,3,4)/p-1. The largest absolute Gasteiger partial charge is 0.726 e. The lowest BCUT2D eigenvalue weighted by molar-refractivity contribution is -0.137. The van der Waals surface area contributed by atoms with Crippen LogP contribution in [0.15, 0.2) is 24.3 Å². The van der Waals surface area contributed by atoms with Crippen molar-refractivity contribution in [2.24, 2.45) is 0 Å². The average molecular weight is 500 g/mol. The molecule has 2 amide bonds. The Morgan fingerprint density at radius 3 is 2.41 bits per heavy atom. The molecular formula is C22H35N4O7S-. The summed E-state index contributed by atoms with van der Waals surface area (Å²) in [6, 6.07) is 8.22. The fraction of sp³-hybridized carbons (Fsp3) is 0.636. The number of hydrogen-bond acceptors (Lipinski definition) is 8. The number of carbonyl (C=O) groups is 2. The van der Waals surface area contributed by atoms with Gasteiger partial charge in [-0.15, -0.1) is 0 Å². The molecule has 34 heavy (non-hydrogen) atoms. The molecule has 2 fully saturated rings. The van der Waals surface area contributed by atoms with Gasteiger partial charge in [0.05, 0.1) is 18.3 Å². The van der Waals surface area contributed by atoms with E-state index in [4.69, 9.17) is 22.3 Å². The number of piperidine rings is 1. The molecule has 0 radical (unpaired) electrons. The van der Waals surface area contributed by atoms with Gasteiger partial charge in [0.1, 0.15) is 5.75 Å². The Morgan fingerprint density at radius 2 is 1.79 bits per heavy atom. The van der Waals surface area contributed by atoms with Crippen molar-refractivity contribution in [2.45, 2.75) is 39.2 Å². The minimum atomic E-state index is -4.92. The van der Waals surface area contributed by atoms with Crippen LogP contribution in [0.25, 0.3) is 0 Å². The molecule has 0 atom stereocenters. The number of likely N-dealkylation sites (tertiary alicyclic amines) is 1. The minimum Gasteiger partial charge on any atom is -0.726 e. The molecular weight excluding hydrogens is 464 g/mol. The van der Waals surface area contributed by atoms with Gasteiger partial charge in [0, 0.05) is 52.2 Å². The van der Waals surface area contributed by atoms with Crippen molar-refractivity contribution in [1.82, 2.24) is 15.1 Å². The number of nitrogens with one attached hydrogen (secondary N) is 1. The zero-order valence-corrected chi connectivity index (χ0v) is 20.6. The second kappa shape index (κ2) is 13.5. The Bertz CT molecular complexity index is 894. The molecule has 2 heterocycles. The van der Waals surface area contributed by atoms with Crippen LogP contribution in [-0.2, 0) is 20.0 Å². The van der Waals surface area contributed by atoms with Gasteiger partial charge in [0.25, 0.3) is 0 Å². The fourth-order valence-electron chi connectivity index (χ4n) is 3.90. The summed E-state index contributed by atoms with van der Waals surface area (Å²) in [4.78, 5) is 30.3. The van der Waals surface area contributed by atoms with Gasteiger partial charge in [-0.2, -0.15) is 0 Å². The van der Waals surface area contributed by atoms with Gasteiger partial charge >= 0.3 is 0 Å². The van der Waals surface area contributed by atoms with E-state index in [-0.39, 0.29) is 24.5 Å². The first-order chi connectivity index (χ1) is 16.0. The van der Waals surface area contributed by atoms with Crippen LogP contribution in [0.3, 0.4) is 0 Å². The summed E-state index contributed by atoms with van der Waals surface area (Å²) in [5.41, 5.74) is 1.15. The van der Waals surface area contributed by atoms with E-state index in [9.17, 15) is 9.59 Å². The molecule has 1 aromatic carbocycles. The number of amides is 2. The molecule has 0 spiro atoms. The fourth-order valence-corrected chi connectivity index (χ4v) is 3.90. The number of nitrogens with zero attached hydrogens (tertiary/aromatic N) is 3. The van der Waals surface area contributed by atoms with Gasteiger partial charge in [0.15, 0.2) is 0 Å². The molecule has 0 unspecified atom stereocenters. The Morgan fingerprint density at radius 1 is 1.15 bits per heavy atom. The maximum absolute atomic E-state index is 12.1. The summed E-state index contributed by atoms with van der Waals surface area (Å²) < 4.78 is 38.8. The number of piperazine rings is 1. The van der Waals surface area contributed by atoms with E-state index in [1.807, 2.05) is 26.0 Å². The molecule has 0 bridgehead atoms. The van der Waals surface area contributed by atoms with E-state index in [2.05, 4.69) is 27.2 Å². The molecule has 11 nitrogen and oxygen atoms in total. The van der Waals surface area contributed by atoms with Crippen LogP contribution in [-0.4, -0.2) is 97.6 Å². The number of para-hydroxylation sites is 2. The summed E-state index contributed by atoms with van der Waals surface area (Å²) in [6.07, 6.45) is 2.66. The van der Waals surface area contributed by atoms with E-state index in [1.54, 1.807) is 4.90 Å². The maximum Gasteiger partial charge on any atom is 0.239 e. The molecule has 3 rings (SSSR count). The number of carbonyl (C=O) groups excluding carboxylic acids is 2. The Hall–Kier alpha value is -2.41. The molecule has 2 saturated heterocycles. The van der Waals surface area contributed by atoms with Gasteiger partial charge in [-0.25, -0.2) is 8.42 Å². The quantitative estimate of drug-likeness (QED) is 0.391. The second-order valence-corrected chi connectivity index (χ2v) is 9.37. The zero-order valence-electron chi connectivity index (χ0n) is 19.8. The van der Waals surface area contributed by atoms with Gasteiger partial charge < -0.3 is 24.4 Å². The summed E-state index contributed by atoms with van der Waals surface area (Å²) in [7, 11) is -4.92. The van der Waals surface area contributed by atoms with Crippen LogP contribution in [0.1, 0.15) is 33.1 Å². The molecule has 192 valence electrons. The van der Waals surface area contributed by atoms with Crippen molar-refractivity contribution >= 4 is 27.9 Å². The number of anilines is 1. The third kappa shape index (κ3) is 10.7. The lowest BCUT2D eigenvalue weighted by Gasteiger charge is -2.37. The number of benzene rings is 1. The van der Waals surface area contributed by atoms with Gasteiger partial charge in [-0.3, -0.25) is 19.0 Å². The summed E-state index contributed by atoms with van der Waals surface area (Å²) in [5, 5.41) is 2.96. The molecule has 2 aliphatic heterocycles.